The highest BCUT2D eigenvalue weighted by atomic mass is 32.1. The lowest BCUT2D eigenvalue weighted by molar-refractivity contribution is -0.142. The van der Waals surface area contributed by atoms with Gasteiger partial charge in [-0.3, -0.25) is 4.79 Å². The lowest BCUT2D eigenvalue weighted by Crippen LogP contribution is -2.44. The number of amidine groups is 1. The van der Waals surface area contributed by atoms with Crippen LogP contribution < -0.4 is 20.7 Å². The van der Waals surface area contributed by atoms with Gasteiger partial charge in [0.15, 0.2) is 5.13 Å². The fourth-order valence-electron chi connectivity index (χ4n) is 5.02. The lowest BCUT2D eigenvalue weighted by Gasteiger charge is -2.38. The van der Waals surface area contributed by atoms with Crippen LogP contribution in [0.4, 0.5) is 24.1 Å². The third kappa shape index (κ3) is 8.60. The largest absolute Gasteiger partial charge is 0.493 e. The maximum Gasteiger partial charge on any atom is 0.419 e. The predicted molar refractivity (Wildman–Crippen MR) is 167 cm³/mol. The topological polar surface area (TPSA) is 148 Å². The lowest BCUT2D eigenvalue weighted by atomic mass is 9.89. The third-order valence-electron chi connectivity index (χ3n) is 7.37. The second kappa shape index (κ2) is 15.3. The van der Waals surface area contributed by atoms with Crippen molar-refractivity contribution in [3.63, 3.8) is 0 Å². The minimum Gasteiger partial charge on any atom is -0.493 e. The normalized spacial score (nSPS) is 17.4. The summed E-state index contributed by atoms with van der Waals surface area (Å²) in [5.41, 5.74) is 6.34. The summed E-state index contributed by atoms with van der Waals surface area (Å²) in [6.45, 7) is 7.07. The van der Waals surface area contributed by atoms with Crippen LogP contribution in [0, 0.1) is 5.92 Å². The summed E-state index contributed by atoms with van der Waals surface area (Å²) in [7, 11) is 0. The van der Waals surface area contributed by atoms with E-state index in [1.807, 2.05) is 20.8 Å². The Morgan fingerprint density at radius 1 is 1.24 bits per heavy atom. The number of aromatic nitrogens is 3. The number of nitrogens with zero attached hydrogens (tertiary/aromatic N) is 5. The number of benzene rings is 1. The van der Waals surface area contributed by atoms with Crippen molar-refractivity contribution in [3.8, 4) is 17.0 Å². The molecule has 3 aromatic rings. The van der Waals surface area contributed by atoms with E-state index in [-0.39, 0.29) is 43.4 Å². The van der Waals surface area contributed by atoms with E-state index in [9.17, 15) is 23.1 Å². The number of alkyl halides is 3. The number of thiazole rings is 1. The zero-order valence-electron chi connectivity index (χ0n) is 25.4. The van der Waals surface area contributed by atoms with Crippen molar-refractivity contribution in [1.29, 1.82) is 0 Å². The van der Waals surface area contributed by atoms with Gasteiger partial charge in [-0.05, 0) is 50.8 Å². The number of anilines is 2. The van der Waals surface area contributed by atoms with Crippen molar-refractivity contribution in [2.24, 2.45) is 16.6 Å². The van der Waals surface area contributed by atoms with Crippen molar-refractivity contribution in [1.82, 2.24) is 15.0 Å². The smallest absolute Gasteiger partial charge is 0.419 e. The summed E-state index contributed by atoms with van der Waals surface area (Å²) in [4.78, 5) is 32.0. The minimum atomic E-state index is -4.60. The maximum atomic E-state index is 13.9. The molecule has 3 heterocycles. The van der Waals surface area contributed by atoms with Crippen LogP contribution in [0.3, 0.4) is 0 Å². The SMILES string of the molecule is CCCOc1ccc(-c2nc(NCN=C(N)c3cnc(N4CCC(C(=O)O)CC4CC)cn3)sc2COCC)cc1C(F)(F)F. The molecule has 2 atom stereocenters. The zero-order valence-corrected chi connectivity index (χ0v) is 26.2. The Morgan fingerprint density at radius 2 is 2.04 bits per heavy atom. The van der Waals surface area contributed by atoms with E-state index in [0.717, 1.165) is 12.5 Å². The van der Waals surface area contributed by atoms with E-state index >= 15 is 0 Å². The Hall–Kier alpha value is -3.98. The first-order valence-corrected chi connectivity index (χ1v) is 15.6. The molecule has 0 saturated carbocycles. The van der Waals surface area contributed by atoms with Gasteiger partial charge in [-0.15, -0.1) is 0 Å². The van der Waals surface area contributed by atoms with Crippen molar-refractivity contribution >= 4 is 34.1 Å². The number of piperidine rings is 1. The molecule has 0 aliphatic carbocycles. The van der Waals surface area contributed by atoms with Gasteiger partial charge in [0.25, 0.3) is 0 Å². The number of hydrogen-bond acceptors (Lipinski definition) is 10. The highest BCUT2D eigenvalue weighted by Gasteiger charge is 2.35. The molecule has 0 bridgehead atoms. The molecular formula is C30H38F3N7O4S. The molecule has 0 spiro atoms. The molecular weight excluding hydrogens is 611 g/mol. The molecule has 4 rings (SSSR count). The van der Waals surface area contributed by atoms with Crippen LogP contribution in [-0.4, -0.2) is 64.3 Å². The summed E-state index contributed by atoms with van der Waals surface area (Å²) in [5, 5.41) is 12.9. The first-order valence-electron chi connectivity index (χ1n) is 14.8. The molecule has 1 aromatic carbocycles. The summed E-state index contributed by atoms with van der Waals surface area (Å²) < 4.78 is 52.5. The van der Waals surface area contributed by atoms with Gasteiger partial charge < -0.3 is 30.5 Å². The highest BCUT2D eigenvalue weighted by molar-refractivity contribution is 7.16. The number of nitrogens with one attached hydrogen (secondary N) is 1. The Bertz CT molecular complexity index is 1470. The van der Waals surface area contributed by atoms with Crippen LogP contribution >= 0.6 is 11.3 Å². The second-order valence-corrected chi connectivity index (χ2v) is 11.5. The van der Waals surface area contributed by atoms with E-state index in [1.54, 1.807) is 12.3 Å². The van der Waals surface area contributed by atoms with Crippen molar-refractivity contribution in [3.05, 3.63) is 46.7 Å². The van der Waals surface area contributed by atoms with E-state index in [4.69, 9.17) is 15.2 Å². The van der Waals surface area contributed by atoms with Crippen LogP contribution in [0.2, 0.25) is 0 Å². The Balaban J connectivity index is 1.47. The molecule has 1 saturated heterocycles. The molecule has 1 aliphatic heterocycles. The van der Waals surface area contributed by atoms with Crippen molar-refractivity contribution in [2.45, 2.75) is 65.3 Å². The van der Waals surface area contributed by atoms with E-state index < -0.39 is 17.7 Å². The number of ether oxygens (including phenoxy) is 2. The first kappa shape index (κ1) is 33.9. The summed E-state index contributed by atoms with van der Waals surface area (Å²) in [5.74, 6) is -0.560. The number of carboxylic acids is 1. The van der Waals surface area contributed by atoms with Gasteiger partial charge >= 0.3 is 12.1 Å². The average molecular weight is 650 g/mol. The number of rotatable bonds is 14. The third-order valence-corrected chi connectivity index (χ3v) is 8.35. The molecule has 1 aliphatic rings. The number of hydrogen-bond donors (Lipinski definition) is 3. The molecule has 0 radical (unpaired) electrons. The van der Waals surface area contributed by atoms with Gasteiger partial charge in [0.2, 0.25) is 0 Å². The molecule has 4 N–H and O–H groups in total. The standard InChI is InChI=1S/C30H38F3N7O4S/c1-4-11-44-23-8-7-18(13-21(23)30(31,32)33)26-24(16-43-6-3)45-29(39-26)38-17-37-27(34)22-14-36-25(15-35-22)40-10-9-19(28(41)42)12-20(40)5-2/h7-8,13-15,19-20H,4-6,9-12,16-17H2,1-3H3,(H2,34,37)(H,38,39)(H,41,42). The number of halogens is 3. The molecule has 244 valence electrons. The molecule has 2 unspecified atom stereocenters. The van der Waals surface area contributed by atoms with Gasteiger partial charge in [-0.2, -0.15) is 13.2 Å². The van der Waals surface area contributed by atoms with Gasteiger partial charge in [-0.1, -0.05) is 25.2 Å². The van der Waals surface area contributed by atoms with Crippen LogP contribution in [0.5, 0.6) is 5.75 Å². The van der Waals surface area contributed by atoms with E-state index in [2.05, 4.69) is 30.2 Å². The monoisotopic (exact) mass is 649 g/mol. The Labute approximate surface area is 263 Å². The molecule has 2 aromatic heterocycles. The molecule has 15 heteroatoms. The van der Waals surface area contributed by atoms with Crippen LogP contribution in [-0.2, 0) is 22.3 Å². The highest BCUT2D eigenvalue weighted by Crippen LogP contribution is 2.40. The van der Waals surface area contributed by atoms with Crippen LogP contribution in [0.25, 0.3) is 11.3 Å². The second-order valence-electron chi connectivity index (χ2n) is 10.4. The number of carbonyl (C=O) groups is 1. The van der Waals surface area contributed by atoms with E-state index in [1.165, 1.54) is 23.6 Å². The molecule has 45 heavy (non-hydrogen) atoms. The maximum absolute atomic E-state index is 13.9. The predicted octanol–water partition coefficient (Wildman–Crippen LogP) is 5.80. The first-order chi connectivity index (χ1) is 21.5. The van der Waals surface area contributed by atoms with Gasteiger partial charge in [0, 0.05) is 24.8 Å². The molecule has 0 amide bonds. The van der Waals surface area contributed by atoms with E-state index in [0.29, 0.717) is 65.2 Å². The Morgan fingerprint density at radius 3 is 2.69 bits per heavy atom. The number of carboxylic acid groups (broad SMARTS) is 1. The number of aliphatic imine (C=N–C) groups is 1. The number of aliphatic carboxylic acids is 1. The summed E-state index contributed by atoms with van der Waals surface area (Å²) in [6.07, 6.45) is 0.995. The quantitative estimate of drug-likeness (QED) is 0.145. The Kier molecular flexibility index (Phi) is 11.6. The fraction of sp³-hybridized carbons (Fsp3) is 0.500. The summed E-state index contributed by atoms with van der Waals surface area (Å²) >= 11 is 1.26. The van der Waals surface area contributed by atoms with Crippen molar-refractivity contribution in [2.75, 3.05) is 36.6 Å². The fourth-order valence-corrected chi connectivity index (χ4v) is 5.93. The zero-order chi connectivity index (χ0) is 32.6. The average Bonchev–Trinajstić information content (AvgIpc) is 3.44. The van der Waals surface area contributed by atoms with Gasteiger partial charge in [0.05, 0.1) is 47.7 Å². The van der Waals surface area contributed by atoms with Crippen LogP contribution in [0.1, 0.15) is 62.6 Å². The van der Waals surface area contributed by atoms with Gasteiger partial charge in [-0.25, -0.2) is 19.9 Å². The molecule has 11 nitrogen and oxygen atoms in total. The van der Waals surface area contributed by atoms with Crippen LogP contribution in [0.15, 0.2) is 35.6 Å². The summed E-state index contributed by atoms with van der Waals surface area (Å²) in [6, 6.07) is 3.99. The minimum absolute atomic E-state index is 0.0362. The van der Waals surface area contributed by atoms with Gasteiger partial charge in [0.1, 0.15) is 29.8 Å². The number of nitrogens with two attached hydrogens (primary N) is 1. The molecule has 1 fully saturated rings. The van der Waals surface area contributed by atoms with Crippen molar-refractivity contribution < 1.29 is 32.5 Å².